The minimum atomic E-state index is -1.07. The van der Waals surface area contributed by atoms with Crippen LogP contribution in [0.5, 0.6) is 0 Å². The van der Waals surface area contributed by atoms with Gasteiger partial charge in [0.2, 0.25) is 11.7 Å². The number of hydrogen-bond donors (Lipinski definition) is 2. The average Bonchev–Trinajstić information content (AvgIpc) is 3.48. The van der Waals surface area contributed by atoms with E-state index in [0.29, 0.717) is 30.0 Å². The van der Waals surface area contributed by atoms with E-state index >= 15 is 0 Å². The van der Waals surface area contributed by atoms with Crippen molar-refractivity contribution in [3.05, 3.63) is 41.3 Å². The smallest absolute Gasteiger partial charge is 0.286 e. The van der Waals surface area contributed by atoms with Gasteiger partial charge in [-0.15, -0.1) is 10.2 Å². The lowest BCUT2D eigenvalue weighted by molar-refractivity contribution is -0.127. The van der Waals surface area contributed by atoms with E-state index in [1.54, 1.807) is 12.1 Å². The van der Waals surface area contributed by atoms with Crippen molar-refractivity contribution in [2.24, 2.45) is 5.92 Å². The van der Waals surface area contributed by atoms with Crippen LogP contribution in [-0.4, -0.2) is 63.6 Å². The Morgan fingerprint density at radius 1 is 1.05 bits per heavy atom. The first-order chi connectivity index (χ1) is 17.5. The standard InChI is InChI=1S/C27H39N5O4S/c1-17(2)15-21(22(33)24-30-31-26(36-24)37-18(3)4)28-25(35)27(13-7-8-14-27)29-23(34)20-11-9-19(10-12-20)16-32(5)6/h9-12,17-18,21H,7-8,13-16H2,1-6H3,(H,28,35)(H,29,34). The number of aromatic nitrogens is 2. The van der Waals surface area contributed by atoms with Crippen molar-refractivity contribution in [3.8, 4) is 0 Å². The van der Waals surface area contributed by atoms with Crippen molar-refractivity contribution < 1.29 is 18.8 Å². The molecule has 1 aromatic carbocycles. The summed E-state index contributed by atoms with van der Waals surface area (Å²) < 4.78 is 5.57. The van der Waals surface area contributed by atoms with Crippen LogP contribution in [0.15, 0.2) is 33.9 Å². The third-order valence-corrected chi connectivity index (χ3v) is 7.08. The molecule has 0 bridgehead atoms. The maximum absolute atomic E-state index is 13.6. The highest BCUT2D eigenvalue weighted by atomic mass is 32.2. The molecule has 1 aliphatic rings. The van der Waals surface area contributed by atoms with Crippen LogP contribution in [0.2, 0.25) is 0 Å². The Morgan fingerprint density at radius 2 is 1.70 bits per heavy atom. The summed E-state index contributed by atoms with van der Waals surface area (Å²) in [6.07, 6.45) is 3.08. The highest BCUT2D eigenvalue weighted by Gasteiger charge is 2.44. The SMILES string of the molecule is CC(C)CC(NC(=O)C1(NC(=O)c2ccc(CN(C)C)cc2)CCCC1)C(=O)c1nnc(SC(C)C)o1. The molecule has 2 amide bonds. The monoisotopic (exact) mass is 529 g/mol. The van der Waals surface area contributed by atoms with Crippen molar-refractivity contribution in [2.45, 2.75) is 88.4 Å². The number of carbonyl (C=O) groups excluding carboxylic acids is 3. The molecule has 10 heteroatoms. The third kappa shape index (κ3) is 7.88. The number of carbonyl (C=O) groups is 3. The van der Waals surface area contributed by atoms with Gasteiger partial charge >= 0.3 is 0 Å². The van der Waals surface area contributed by atoms with Gasteiger partial charge < -0.3 is 20.0 Å². The molecule has 1 heterocycles. The number of nitrogens with zero attached hydrogens (tertiary/aromatic N) is 3. The summed E-state index contributed by atoms with van der Waals surface area (Å²) in [4.78, 5) is 42.1. The number of benzene rings is 1. The van der Waals surface area contributed by atoms with Crippen LogP contribution >= 0.6 is 11.8 Å². The summed E-state index contributed by atoms with van der Waals surface area (Å²) in [6, 6.07) is 6.57. The molecule has 1 unspecified atom stereocenters. The predicted octanol–water partition coefficient (Wildman–Crippen LogP) is 4.09. The van der Waals surface area contributed by atoms with Crippen LogP contribution in [0, 0.1) is 5.92 Å². The van der Waals surface area contributed by atoms with Crippen LogP contribution in [0.1, 0.15) is 86.4 Å². The van der Waals surface area contributed by atoms with E-state index < -0.39 is 17.4 Å². The van der Waals surface area contributed by atoms with E-state index in [-0.39, 0.29) is 28.9 Å². The quantitative estimate of drug-likeness (QED) is 0.312. The maximum Gasteiger partial charge on any atom is 0.286 e. The first-order valence-electron chi connectivity index (χ1n) is 12.9. The molecule has 9 nitrogen and oxygen atoms in total. The zero-order valence-electron chi connectivity index (χ0n) is 22.7. The van der Waals surface area contributed by atoms with Crippen LogP contribution in [0.4, 0.5) is 0 Å². The average molecular weight is 530 g/mol. The maximum atomic E-state index is 13.6. The molecule has 2 aromatic rings. The molecule has 202 valence electrons. The number of thioether (sulfide) groups is 1. The Morgan fingerprint density at radius 3 is 2.27 bits per heavy atom. The summed E-state index contributed by atoms with van der Waals surface area (Å²) >= 11 is 1.37. The Balaban J connectivity index is 1.75. The van der Waals surface area contributed by atoms with Gasteiger partial charge in [0.1, 0.15) is 5.54 Å². The van der Waals surface area contributed by atoms with E-state index in [0.717, 1.165) is 24.9 Å². The summed E-state index contributed by atoms with van der Waals surface area (Å²) in [5.41, 5.74) is 0.529. The normalized spacial score (nSPS) is 15.8. The summed E-state index contributed by atoms with van der Waals surface area (Å²) in [7, 11) is 3.98. The molecular weight excluding hydrogens is 490 g/mol. The topological polar surface area (TPSA) is 117 Å². The van der Waals surface area contributed by atoms with Gasteiger partial charge in [-0.05, 0) is 57.0 Å². The largest absolute Gasteiger partial charge is 0.408 e. The van der Waals surface area contributed by atoms with Gasteiger partial charge in [0.05, 0.1) is 6.04 Å². The van der Waals surface area contributed by atoms with Gasteiger partial charge in [-0.1, -0.05) is 64.4 Å². The van der Waals surface area contributed by atoms with Crippen LogP contribution in [0.25, 0.3) is 0 Å². The number of Topliss-reactive ketones (excluding diaryl/α,β-unsaturated/α-hetero) is 1. The highest BCUT2D eigenvalue weighted by molar-refractivity contribution is 7.99. The molecule has 1 fully saturated rings. The van der Waals surface area contributed by atoms with Crippen LogP contribution in [-0.2, 0) is 11.3 Å². The van der Waals surface area contributed by atoms with Gasteiger partial charge in [0, 0.05) is 17.4 Å². The minimum Gasteiger partial charge on any atom is -0.408 e. The van der Waals surface area contributed by atoms with Gasteiger partial charge in [0.25, 0.3) is 17.0 Å². The van der Waals surface area contributed by atoms with E-state index in [9.17, 15) is 14.4 Å². The minimum absolute atomic E-state index is 0.114. The molecule has 1 aromatic heterocycles. The van der Waals surface area contributed by atoms with E-state index in [2.05, 4.69) is 25.7 Å². The Hall–Kier alpha value is -2.72. The lowest BCUT2D eigenvalue weighted by Gasteiger charge is -2.31. The van der Waals surface area contributed by atoms with E-state index in [1.807, 2.05) is 53.9 Å². The second kappa shape index (κ2) is 12.7. The van der Waals surface area contributed by atoms with Gasteiger partial charge in [0.15, 0.2) is 0 Å². The number of rotatable bonds is 12. The molecule has 37 heavy (non-hydrogen) atoms. The number of nitrogens with one attached hydrogen (secondary N) is 2. The van der Waals surface area contributed by atoms with Gasteiger partial charge in [-0.3, -0.25) is 14.4 Å². The first kappa shape index (κ1) is 28.8. The summed E-state index contributed by atoms with van der Waals surface area (Å²) in [5, 5.41) is 14.4. The fraction of sp³-hybridized carbons (Fsp3) is 0.593. The molecule has 0 radical (unpaired) electrons. The zero-order valence-corrected chi connectivity index (χ0v) is 23.5. The second-order valence-corrected chi connectivity index (χ2v) is 12.3. The number of hydrogen-bond acceptors (Lipinski definition) is 8. The second-order valence-electron chi connectivity index (χ2n) is 10.7. The molecule has 1 atom stereocenters. The van der Waals surface area contributed by atoms with Crippen molar-refractivity contribution in [2.75, 3.05) is 14.1 Å². The van der Waals surface area contributed by atoms with E-state index in [4.69, 9.17) is 4.42 Å². The summed E-state index contributed by atoms with van der Waals surface area (Å²) in [6.45, 7) is 8.72. The van der Waals surface area contributed by atoms with Crippen molar-refractivity contribution in [1.82, 2.24) is 25.7 Å². The Bertz CT molecular complexity index is 1070. The summed E-state index contributed by atoms with van der Waals surface area (Å²) in [5.74, 6) is -1.04. The molecule has 0 spiro atoms. The molecular formula is C27H39N5O4S. The predicted molar refractivity (Wildman–Crippen MR) is 144 cm³/mol. The molecule has 3 rings (SSSR count). The fourth-order valence-corrected chi connectivity index (χ4v) is 5.13. The molecule has 0 saturated heterocycles. The Labute approximate surface area is 223 Å². The third-order valence-electron chi connectivity index (χ3n) is 6.24. The fourth-order valence-electron chi connectivity index (χ4n) is 4.51. The molecule has 0 aliphatic heterocycles. The van der Waals surface area contributed by atoms with Gasteiger partial charge in [-0.2, -0.15) is 0 Å². The Kier molecular flexibility index (Phi) is 9.89. The molecule has 2 N–H and O–H groups in total. The lowest BCUT2D eigenvalue weighted by Crippen LogP contribution is -2.60. The van der Waals surface area contributed by atoms with Crippen molar-refractivity contribution >= 4 is 29.4 Å². The number of ketones is 1. The molecule has 1 aliphatic carbocycles. The number of amides is 2. The molecule has 1 saturated carbocycles. The highest BCUT2D eigenvalue weighted by Crippen LogP contribution is 2.31. The van der Waals surface area contributed by atoms with E-state index in [1.165, 1.54) is 11.8 Å². The first-order valence-corrected chi connectivity index (χ1v) is 13.8. The lowest BCUT2D eigenvalue weighted by atomic mass is 9.93. The van der Waals surface area contributed by atoms with Gasteiger partial charge in [-0.25, -0.2) is 0 Å². The zero-order chi connectivity index (χ0) is 27.2. The van der Waals surface area contributed by atoms with Crippen LogP contribution in [0.3, 0.4) is 0 Å². The van der Waals surface area contributed by atoms with Crippen molar-refractivity contribution in [3.63, 3.8) is 0 Å². The van der Waals surface area contributed by atoms with Crippen LogP contribution < -0.4 is 10.6 Å². The van der Waals surface area contributed by atoms with Crippen molar-refractivity contribution in [1.29, 1.82) is 0 Å².